The highest BCUT2D eigenvalue weighted by Crippen LogP contribution is 2.19. The first-order valence-electron chi connectivity index (χ1n) is 10.6. The first-order chi connectivity index (χ1) is 15.1. The maximum atomic E-state index is 12.6. The lowest BCUT2D eigenvalue weighted by Crippen LogP contribution is -2.50. The minimum Gasteiger partial charge on any atom is -0.385 e. The predicted molar refractivity (Wildman–Crippen MR) is 126 cm³/mol. The molecule has 1 amide bonds. The van der Waals surface area contributed by atoms with E-state index in [0.717, 1.165) is 22.9 Å². The molecule has 0 aliphatic rings. The van der Waals surface area contributed by atoms with Crippen LogP contribution < -0.4 is 22.5 Å². The van der Waals surface area contributed by atoms with E-state index in [2.05, 4.69) is 15.3 Å². The summed E-state index contributed by atoms with van der Waals surface area (Å²) in [7, 11) is 0. The number of carbonyl (C=O) groups is 1. The second kappa shape index (κ2) is 11.2. The van der Waals surface area contributed by atoms with Crippen LogP contribution in [-0.2, 0) is 11.2 Å². The van der Waals surface area contributed by atoms with Crippen molar-refractivity contribution in [2.24, 2.45) is 22.2 Å². The van der Waals surface area contributed by atoms with Crippen molar-refractivity contribution in [3.63, 3.8) is 0 Å². The minimum absolute atomic E-state index is 0.249. The lowest BCUT2D eigenvalue weighted by Gasteiger charge is -2.21. The molecular formula is C24H30N6O. The number of aromatic nitrogens is 1. The standard InChI is InChI=1S/C24H30N6O/c25-14-6-10-20(26)24(31)30-22(13-12-17-7-2-1-3-8-17)23(27)29-19-15-18-9-4-5-11-21(18)28-16-19/h1-5,7-9,11,15-16,20,22H,6,10,12-14,25-26H2,(H2,27,29)(H,30,31)/t20-,22-/m1/s1. The second-order valence-electron chi connectivity index (χ2n) is 7.55. The topological polar surface area (TPSA) is 132 Å². The molecule has 7 heteroatoms. The maximum Gasteiger partial charge on any atom is 0.237 e. The van der Waals surface area contributed by atoms with E-state index < -0.39 is 12.1 Å². The number of aliphatic imine (C=N–C) groups is 1. The maximum absolute atomic E-state index is 12.6. The molecule has 2 aromatic carbocycles. The largest absolute Gasteiger partial charge is 0.385 e. The molecule has 0 radical (unpaired) electrons. The normalized spacial score (nSPS) is 13.7. The van der Waals surface area contributed by atoms with Crippen molar-refractivity contribution in [3.8, 4) is 0 Å². The van der Waals surface area contributed by atoms with Crippen LogP contribution in [0.25, 0.3) is 10.9 Å². The van der Waals surface area contributed by atoms with Crippen LogP contribution in [0, 0.1) is 0 Å². The molecule has 7 nitrogen and oxygen atoms in total. The van der Waals surface area contributed by atoms with Gasteiger partial charge in [-0.3, -0.25) is 9.78 Å². The third kappa shape index (κ3) is 6.60. The molecule has 3 aromatic rings. The molecule has 2 atom stereocenters. The quantitative estimate of drug-likeness (QED) is 0.296. The fourth-order valence-corrected chi connectivity index (χ4v) is 3.34. The van der Waals surface area contributed by atoms with Gasteiger partial charge in [0.25, 0.3) is 0 Å². The Hall–Kier alpha value is -3.29. The number of fused-ring (bicyclic) bond motifs is 1. The molecule has 0 aliphatic heterocycles. The monoisotopic (exact) mass is 418 g/mol. The molecule has 0 saturated carbocycles. The zero-order valence-electron chi connectivity index (χ0n) is 17.6. The molecule has 0 spiro atoms. The number of nitrogens with two attached hydrogens (primary N) is 3. The number of aryl methyl sites for hydroxylation is 1. The fourth-order valence-electron chi connectivity index (χ4n) is 3.34. The Balaban J connectivity index is 1.78. The smallest absolute Gasteiger partial charge is 0.237 e. The van der Waals surface area contributed by atoms with E-state index in [1.165, 1.54) is 0 Å². The second-order valence-corrected chi connectivity index (χ2v) is 7.55. The number of pyridine rings is 1. The van der Waals surface area contributed by atoms with Gasteiger partial charge in [0.15, 0.2) is 0 Å². The number of amides is 1. The molecule has 0 unspecified atom stereocenters. The number of hydrogen-bond acceptors (Lipinski definition) is 5. The molecule has 7 N–H and O–H groups in total. The van der Waals surface area contributed by atoms with Gasteiger partial charge in [0.2, 0.25) is 5.91 Å². The summed E-state index contributed by atoms with van der Waals surface area (Å²) in [5.74, 6) is 0.0775. The van der Waals surface area contributed by atoms with Crippen molar-refractivity contribution in [1.29, 1.82) is 0 Å². The lowest BCUT2D eigenvalue weighted by atomic mass is 10.0. The zero-order chi connectivity index (χ0) is 22.1. The number of nitrogens with one attached hydrogen (secondary N) is 1. The van der Waals surface area contributed by atoms with Gasteiger partial charge < -0.3 is 22.5 Å². The average Bonchev–Trinajstić information content (AvgIpc) is 2.80. The van der Waals surface area contributed by atoms with Crippen molar-refractivity contribution >= 4 is 28.3 Å². The van der Waals surface area contributed by atoms with E-state index >= 15 is 0 Å². The highest BCUT2D eigenvalue weighted by Gasteiger charge is 2.20. The van der Waals surface area contributed by atoms with Crippen LogP contribution >= 0.6 is 0 Å². The number of rotatable bonds is 10. The first kappa shape index (κ1) is 22.4. The average molecular weight is 419 g/mol. The predicted octanol–water partition coefficient (Wildman–Crippen LogP) is 2.41. The van der Waals surface area contributed by atoms with Crippen LogP contribution in [0.5, 0.6) is 0 Å². The molecule has 0 aliphatic carbocycles. The molecule has 0 bridgehead atoms. The lowest BCUT2D eigenvalue weighted by molar-refractivity contribution is -0.122. The summed E-state index contributed by atoms with van der Waals surface area (Å²) in [4.78, 5) is 21.6. The minimum atomic E-state index is -0.627. The number of para-hydroxylation sites is 1. The third-order valence-corrected chi connectivity index (χ3v) is 5.13. The van der Waals surface area contributed by atoms with E-state index in [0.29, 0.717) is 37.3 Å². The van der Waals surface area contributed by atoms with Gasteiger partial charge in [-0.2, -0.15) is 0 Å². The Labute approximate surface area is 182 Å². The van der Waals surface area contributed by atoms with Crippen LogP contribution in [0.3, 0.4) is 0 Å². The van der Waals surface area contributed by atoms with Gasteiger partial charge >= 0.3 is 0 Å². The number of nitrogens with zero attached hydrogens (tertiary/aromatic N) is 2. The Bertz CT molecular complexity index is 1020. The van der Waals surface area contributed by atoms with E-state index in [-0.39, 0.29) is 5.91 Å². The highest BCUT2D eigenvalue weighted by molar-refractivity contribution is 5.93. The SMILES string of the molecule is NCCC[C@@H](N)C(=O)N[C@H](CCc1ccccc1)C(N)=Nc1cnc2ccccc2c1. The van der Waals surface area contributed by atoms with Gasteiger partial charge in [0, 0.05) is 5.39 Å². The van der Waals surface area contributed by atoms with Gasteiger partial charge in [-0.1, -0.05) is 48.5 Å². The van der Waals surface area contributed by atoms with Crippen molar-refractivity contribution in [2.75, 3.05) is 6.54 Å². The van der Waals surface area contributed by atoms with Gasteiger partial charge in [-0.15, -0.1) is 0 Å². The molecule has 0 fully saturated rings. The fraction of sp³-hybridized carbons (Fsp3) is 0.292. The van der Waals surface area contributed by atoms with Crippen LogP contribution in [0.1, 0.15) is 24.8 Å². The molecule has 1 heterocycles. The summed E-state index contributed by atoms with van der Waals surface area (Å²) in [5.41, 5.74) is 20.6. The Kier molecular flexibility index (Phi) is 8.09. The number of benzene rings is 2. The Morgan fingerprint density at radius 3 is 2.58 bits per heavy atom. The number of carbonyl (C=O) groups excluding carboxylic acids is 1. The van der Waals surface area contributed by atoms with E-state index in [9.17, 15) is 4.79 Å². The van der Waals surface area contributed by atoms with Crippen LogP contribution in [0.4, 0.5) is 5.69 Å². The summed E-state index contributed by atoms with van der Waals surface area (Å²) < 4.78 is 0. The Morgan fingerprint density at radius 2 is 1.81 bits per heavy atom. The number of hydrogen-bond donors (Lipinski definition) is 4. The summed E-state index contributed by atoms with van der Waals surface area (Å²) in [6, 6.07) is 18.7. The van der Waals surface area contributed by atoms with Gasteiger partial charge in [-0.05, 0) is 49.9 Å². The van der Waals surface area contributed by atoms with Crippen molar-refractivity contribution in [1.82, 2.24) is 10.3 Å². The van der Waals surface area contributed by atoms with Crippen LogP contribution in [0.2, 0.25) is 0 Å². The Morgan fingerprint density at radius 1 is 1.06 bits per heavy atom. The molecule has 0 saturated heterocycles. The highest BCUT2D eigenvalue weighted by atomic mass is 16.2. The van der Waals surface area contributed by atoms with Gasteiger partial charge in [-0.25, -0.2) is 4.99 Å². The molecule has 162 valence electrons. The molecule has 31 heavy (non-hydrogen) atoms. The molecule has 1 aromatic heterocycles. The summed E-state index contributed by atoms with van der Waals surface area (Å²) in [6.07, 6.45) is 4.25. The molecular weight excluding hydrogens is 388 g/mol. The van der Waals surface area contributed by atoms with E-state index in [4.69, 9.17) is 17.2 Å². The third-order valence-electron chi connectivity index (χ3n) is 5.13. The summed E-state index contributed by atoms with van der Waals surface area (Å²) in [5, 5.41) is 3.95. The first-order valence-corrected chi connectivity index (χ1v) is 10.6. The van der Waals surface area contributed by atoms with Crippen molar-refractivity contribution in [2.45, 2.75) is 37.8 Å². The van der Waals surface area contributed by atoms with E-state index in [1.807, 2.05) is 60.7 Å². The van der Waals surface area contributed by atoms with Crippen molar-refractivity contribution < 1.29 is 4.79 Å². The van der Waals surface area contributed by atoms with Crippen LogP contribution in [0.15, 0.2) is 71.9 Å². The van der Waals surface area contributed by atoms with Crippen LogP contribution in [-0.4, -0.2) is 35.4 Å². The van der Waals surface area contributed by atoms with Gasteiger partial charge in [0.05, 0.1) is 29.5 Å². The summed E-state index contributed by atoms with van der Waals surface area (Å²) >= 11 is 0. The van der Waals surface area contributed by atoms with Gasteiger partial charge in [0.1, 0.15) is 5.84 Å². The number of amidine groups is 1. The van der Waals surface area contributed by atoms with E-state index in [1.54, 1.807) is 6.20 Å². The molecule has 3 rings (SSSR count). The summed E-state index contributed by atoms with van der Waals surface area (Å²) in [6.45, 7) is 0.497. The zero-order valence-corrected chi connectivity index (χ0v) is 17.6. The van der Waals surface area contributed by atoms with Crippen molar-refractivity contribution in [3.05, 3.63) is 72.4 Å².